The van der Waals surface area contributed by atoms with Crippen molar-refractivity contribution in [2.24, 2.45) is 4.99 Å². The molecule has 0 aliphatic carbocycles. The Morgan fingerprint density at radius 3 is 2.65 bits per heavy atom. The number of aliphatic imine (C=N–C) groups is 1. The van der Waals surface area contributed by atoms with E-state index in [4.69, 9.17) is 0 Å². The lowest BCUT2D eigenvalue weighted by atomic mass is 10.1. The number of carbonyl (C=O) groups is 1. The normalized spacial score (nSPS) is 17.3. The summed E-state index contributed by atoms with van der Waals surface area (Å²) in [4.78, 5) is 19.4. The minimum atomic E-state index is -0.109. The number of amides is 1. The predicted molar refractivity (Wildman–Crippen MR) is 109 cm³/mol. The molecule has 5 heteroatoms. The molecule has 2 aromatic carbocycles. The topological polar surface area (TPSA) is 52.9 Å². The van der Waals surface area contributed by atoms with Crippen LogP contribution in [0.2, 0.25) is 0 Å². The third-order valence-electron chi connectivity index (χ3n) is 3.89. The van der Waals surface area contributed by atoms with Crippen molar-refractivity contribution < 1.29 is 9.90 Å². The van der Waals surface area contributed by atoms with E-state index in [-0.39, 0.29) is 11.7 Å². The van der Waals surface area contributed by atoms with Crippen LogP contribution in [0.5, 0.6) is 5.75 Å². The van der Waals surface area contributed by atoms with Crippen molar-refractivity contribution in [1.29, 1.82) is 0 Å². The highest BCUT2D eigenvalue weighted by Crippen LogP contribution is 2.36. The highest BCUT2D eigenvalue weighted by Gasteiger charge is 2.32. The Labute approximate surface area is 157 Å². The molecule has 1 N–H and O–H groups in total. The zero-order valence-corrected chi connectivity index (χ0v) is 15.6. The van der Waals surface area contributed by atoms with Crippen LogP contribution in [0.15, 0.2) is 65.0 Å². The number of amidine groups is 1. The summed E-state index contributed by atoms with van der Waals surface area (Å²) < 4.78 is 0. The van der Waals surface area contributed by atoms with Crippen molar-refractivity contribution in [2.75, 3.05) is 6.54 Å². The van der Waals surface area contributed by atoms with Crippen LogP contribution in [0.1, 0.15) is 16.7 Å². The molecule has 132 valence electrons. The van der Waals surface area contributed by atoms with E-state index in [1.807, 2.05) is 50.3 Å². The van der Waals surface area contributed by atoms with Crippen molar-refractivity contribution in [3.63, 3.8) is 0 Å². The second-order valence-electron chi connectivity index (χ2n) is 6.12. The fourth-order valence-electron chi connectivity index (χ4n) is 2.62. The summed E-state index contributed by atoms with van der Waals surface area (Å²) in [6.45, 7) is 8.00. The molecule has 26 heavy (non-hydrogen) atoms. The van der Waals surface area contributed by atoms with Gasteiger partial charge in [-0.2, -0.15) is 0 Å². The third kappa shape index (κ3) is 3.89. The van der Waals surface area contributed by atoms with E-state index < -0.39 is 0 Å². The molecular weight excluding hydrogens is 344 g/mol. The zero-order chi connectivity index (χ0) is 18.7. The number of phenolic OH excluding ortho intramolecular Hbond substituents is 1. The summed E-state index contributed by atoms with van der Waals surface area (Å²) >= 11 is 1.30. The molecule has 3 rings (SSSR count). The minimum Gasteiger partial charge on any atom is -0.506 e. The first kappa shape index (κ1) is 18.0. The average molecular weight is 364 g/mol. The summed E-state index contributed by atoms with van der Waals surface area (Å²) in [5.74, 6) is -0.0121. The first-order chi connectivity index (χ1) is 12.5. The molecule has 1 aliphatic heterocycles. The largest absolute Gasteiger partial charge is 0.506 e. The molecule has 4 nitrogen and oxygen atoms in total. The lowest BCUT2D eigenvalue weighted by Gasteiger charge is -2.12. The van der Waals surface area contributed by atoms with E-state index in [2.05, 4.69) is 11.6 Å². The molecule has 1 saturated heterocycles. The zero-order valence-electron chi connectivity index (χ0n) is 14.8. The quantitative estimate of drug-likeness (QED) is 0.626. The Hall–Kier alpha value is -2.79. The smallest absolute Gasteiger partial charge is 0.267 e. The number of phenols is 1. The number of aryl methyl sites for hydroxylation is 2. The minimum absolute atomic E-state index is 0.0974. The van der Waals surface area contributed by atoms with Crippen LogP contribution in [0.3, 0.4) is 0 Å². The number of aromatic hydroxyl groups is 1. The Balaban J connectivity index is 1.98. The number of hydrogen-bond donors (Lipinski definition) is 1. The van der Waals surface area contributed by atoms with E-state index in [9.17, 15) is 9.90 Å². The Morgan fingerprint density at radius 2 is 1.96 bits per heavy atom. The Kier molecular flexibility index (Phi) is 5.28. The maximum atomic E-state index is 12.8. The number of hydrogen-bond acceptors (Lipinski definition) is 4. The van der Waals surface area contributed by atoms with Gasteiger partial charge < -0.3 is 5.11 Å². The van der Waals surface area contributed by atoms with Crippen molar-refractivity contribution >= 4 is 34.6 Å². The summed E-state index contributed by atoms with van der Waals surface area (Å²) in [5.41, 5.74) is 3.50. The lowest BCUT2D eigenvalue weighted by Crippen LogP contribution is -2.29. The van der Waals surface area contributed by atoms with Crippen molar-refractivity contribution in [3.05, 3.63) is 76.7 Å². The van der Waals surface area contributed by atoms with Crippen molar-refractivity contribution in [1.82, 2.24) is 4.90 Å². The van der Waals surface area contributed by atoms with Gasteiger partial charge in [-0.1, -0.05) is 42.0 Å². The predicted octanol–water partition coefficient (Wildman–Crippen LogP) is 4.80. The standard InChI is InChI=1S/C21H20N2O2S/c1-4-10-23-20(25)19(13-16-7-5-6-14(2)11-16)26-21(23)22-17-9-8-15(3)12-18(17)24/h4-9,11-13,24H,1,10H2,2-3H3/b19-13-,22-21?. The molecule has 1 fully saturated rings. The molecule has 0 spiro atoms. The lowest BCUT2D eigenvalue weighted by molar-refractivity contribution is -0.121. The molecule has 0 radical (unpaired) electrons. The molecule has 0 aromatic heterocycles. The molecule has 0 saturated carbocycles. The van der Waals surface area contributed by atoms with Gasteiger partial charge in [-0.3, -0.25) is 9.69 Å². The van der Waals surface area contributed by atoms with Crippen LogP contribution in [0.4, 0.5) is 5.69 Å². The summed E-state index contributed by atoms with van der Waals surface area (Å²) in [6, 6.07) is 13.3. The summed E-state index contributed by atoms with van der Waals surface area (Å²) in [6.07, 6.45) is 3.53. The Morgan fingerprint density at radius 1 is 1.19 bits per heavy atom. The van der Waals surface area contributed by atoms with E-state index in [0.717, 1.165) is 16.7 Å². The SMILES string of the molecule is C=CCN1C(=O)/C(=C/c2cccc(C)c2)SC1=Nc1ccc(C)cc1O. The molecule has 0 bridgehead atoms. The summed E-state index contributed by atoms with van der Waals surface area (Å²) in [7, 11) is 0. The van der Waals surface area contributed by atoms with E-state index in [1.54, 1.807) is 23.1 Å². The van der Waals surface area contributed by atoms with E-state index >= 15 is 0 Å². The molecular formula is C21H20N2O2S. The van der Waals surface area contributed by atoms with Crippen LogP contribution < -0.4 is 0 Å². The van der Waals surface area contributed by atoms with Crippen LogP contribution in [0.25, 0.3) is 6.08 Å². The number of nitrogens with zero attached hydrogens (tertiary/aromatic N) is 2. The molecule has 0 unspecified atom stereocenters. The van der Waals surface area contributed by atoms with E-state index in [0.29, 0.717) is 22.3 Å². The molecule has 1 heterocycles. The van der Waals surface area contributed by atoms with Crippen LogP contribution in [0, 0.1) is 13.8 Å². The number of benzene rings is 2. The fourth-order valence-corrected chi connectivity index (χ4v) is 3.62. The van der Waals surface area contributed by atoms with Gasteiger partial charge in [0.2, 0.25) is 0 Å². The molecule has 1 amide bonds. The fraction of sp³-hybridized carbons (Fsp3) is 0.143. The number of rotatable bonds is 4. The van der Waals surface area contributed by atoms with Gasteiger partial charge in [0.25, 0.3) is 5.91 Å². The van der Waals surface area contributed by atoms with Gasteiger partial charge in [0.05, 0.1) is 4.91 Å². The first-order valence-corrected chi connectivity index (χ1v) is 9.07. The van der Waals surface area contributed by atoms with Gasteiger partial charge >= 0.3 is 0 Å². The summed E-state index contributed by atoms with van der Waals surface area (Å²) in [5, 5.41) is 10.6. The Bertz CT molecular complexity index is 931. The van der Waals surface area contributed by atoms with Gasteiger partial charge in [0.15, 0.2) is 5.17 Å². The maximum absolute atomic E-state index is 12.8. The van der Waals surface area contributed by atoms with Gasteiger partial charge in [-0.25, -0.2) is 4.99 Å². The van der Waals surface area contributed by atoms with Crippen molar-refractivity contribution in [2.45, 2.75) is 13.8 Å². The average Bonchev–Trinajstić information content (AvgIpc) is 2.87. The van der Waals surface area contributed by atoms with E-state index in [1.165, 1.54) is 11.8 Å². The van der Waals surface area contributed by atoms with Gasteiger partial charge in [0, 0.05) is 6.54 Å². The molecule has 1 aliphatic rings. The number of thioether (sulfide) groups is 1. The van der Waals surface area contributed by atoms with Gasteiger partial charge in [-0.15, -0.1) is 6.58 Å². The number of carbonyl (C=O) groups excluding carboxylic acids is 1. The monoisotopic (exact) mass is 364 g/mol. The maximum Gasteiger partial charge on any atom is 0.267 e. The molecule has 0 atom stereocenters. The third-order valence-corrected chi connectivity index (χ3v) is 4.89. The van der Waals surface area contributed by atoms with Gasteiger partial charge in [-0.05, 0) is 54.9 Å². The van der Waals surface area contributed by atoms with Crippen LogP contribution in [-0.2, 0) is 4.79 Å². The van der Waals surface area contributed by atoms with Crippen LogP contribution >= 0.6 is 11.8 Å². The highest BCUT2D eigenvalue weighted by atomic mass is 32.2. The van der Waals surface area contributed by atoms with Gasteiger partial charge in [0.1, 0.15) is 11.4 Å². The first-order valence-electron chi connectivity index (χ1n) is 8.25. The van der Waals surface area contributed by atoms with Crippen LogP contribution in [-0.4, -0.2) is 27.6 Å². The highest BCUT2D eigenvalue weighted by molar-refractivity contribution is 8.18. The van der Waals surface area contributed by atoms with Crippen molar-refractivity contribution in [3.8, 4) is 5.75 Å². The second-order valence-corrected chi connectivity index (χ2v) is 7.12. The molecule has 2 aromatic rings. The second kappa shape index (κ2) is 7.62.